The molecule has 2 N–H and O–H groups in total. The van der Waals surface area contributed by atoms with Gasteiger partial charge in [-0.05, 0) is 60.2 Å². The van der Waals surface area contributed by atoms with Gasteiger partial charge in [0, 0.05) is 12.1 Å². The number of benzene rings is 2. The second-order valence-corrected chi connectivity index (χ2v) is 7.14. The van der Waals surface area contributed by atoms with Crippen molar-refractivity contribution < 1.29 is 19.4 Å². The van der Waals surface area contributed by atoms with E-state index in [1.807, 2.05) is 12.1 Å². The van der Waals surface area contributed by atoms with Crippen LogP contribution in [0.25, 0.3) is 0 Å². The first-order valence-electron chi connectivity index (χ1n) is 9.18. The number of nitrogens with one attached hydrogen (secondary N) is 1. The fourth-order valence-electron chi connectivity index (χ4n) is 2.55. The van der Waals surface area contributed by atoms with Gasteiger partial charge in [0.05, 0.1) is 12.2 Å². The fraction of sp³-hybridized carbons (Fsp3) is 0.364. The maximum Gasteiger partial charge on any atom is 0.335 e. The summed E-state index contributed by atoms with van der Waals surface area (Å²) < 4.78 is 5.70. The Bertz CT molecular complexity index is 764. The van der Waals surface area contributed by atoms with Crippen LogP contribution in [0.3, 0.4) is 0 Å². The minimum absolute atomic E-state index is 0.123. The first-order chi connectivity index (χ1) is 12.8. The Morgan fingerprint density at radius 1 is 1.04 bits per heavy atom. The van der Waals surface area contributed by atoms with Gasteiger partial charge in [-0.25, -0.2) is 4.79 Å². The zero-order chi connectivity index (χ0) is 19.9. The lowest BCUT2D eigenvalue weighted by Crippen LogP contribution is -2.15. The molecule has 0 saturated carbocycles. The van der Waals surface area contributed by atoms with Crippen LogP contribution in [0.1, 0.15) is 56.0 Å². The minimum atomic E-state index is -0.990. The topological polar surface area (TPSA) is 75.6 Å². The lowest BCUT2D eigenvalue weighted by atomic mass is 9.82. The van der Waals surface area contributed by atoms with Gasteiger partial charge in [-0.2, -0.15) is 0 Å². The fourth-order valence-corrected chi connectivity index (χ4v) is 2.55. The monoisotopic (exact) mass is 369 g/mol. The second kappa shape index (κ2) is 9.21. The van der Waals surface area contributed by atoms with E-state index < -0.39 is 5.97 Å². The third-order valence-electron chi connectivity index (χ3n) is 4.75. The van der Waals surface area contributed by atoms with E-state index in [-0.39, 0.29) is 16.9 Å². The minimum Gasteiger partial charge on any atom is -0.494 e. The van der Waals surface area contributed by atoms with Crippen molar-refractivity contribution in [3.8, 4) is 5.75 Å². The van der Waals surface area contributed by atoms with Crippen molar-refractivity contribution in [1.82, 2.24) is 0 Å². The maximum atomic E-state index is 11.9. The smallest absolute Gasteiger partial charge is 0.335 e. The van der Waals surface area contributed by atoms with E-state index in [1.165, 1.54) is 17.7 Å². The molecule has 0 bridgehead atoms. The Kier molecular flexibility index (Phi) is 6.99. The molecule has 5 nitrogen and oxygen atoms in total. The third kappa shape index (κ3) is 6.13. The van der Waals surface area contributed by atoms with Crippen LogP contribution in [0, 0.1) is 0 Å². The van der Waals surface area contributed by atoms with Crippen LogP contribution in [-0.4, -0.2) is 23.6 Å². The van der Waals surface area contributed by atoms with E-state index in [9.17, 15) is 9.59 Å². The zero-order valence-electron chi connectivity index (χ0n) is 16.1. The molecular weight excluding hydrogens is 342 g/mol. The highest BCUT2D eigenvalue weighted by Gasteiger charge is 2.17. The molecule has 1 amide bonds. The summed E-state index contributed by atoms with van der Waals surface area (Å²) in [4.78, 5) is 22.8. The molecule has 0 atom stereocenters. The van der Waals surface area contributed by atoms with E-state index in [4.69, 9.17) is 9.84 Å². The molecule has 5 heteroatoms. The van der Waals surface area contributed by atoms with E-state index in [0.29, 0.717) is 25.1 Å². The predicted molar refractivity (Wildman–Crippen MR) is 107 cm³/mol. The van der Waals surface area contributed by atoms with Crippen LogP contribution in [0.15, 0.2) is 48.5 Å². The lowest BCUT2D eigenvalue weighted by Gasteiger charge is -2.23. The molecule has 144 valence electrons. The van der Waals surface area contributed by atoms with Gasteiger partial charge in [-0.3, -0.25) is 4.79 Å². The van der Waals surface area contributed by atoms with Crippen LogP contribution in [-0.2, 0) is 10.2 Å². The largest absolute Gasteiger partial charge is 0.494 e. The number of carboxylic acids is 1. The summed E-state index contributed by atoms with van der Waals surface area (Å²) in [5.41, 5.74) is 2.21. The molecule has 0 unspecified atom stereocenters. The van der Waals surface area contributed by atoms with E-state index in [2.05, 4.69) is 38.2 Å². The highest BCUT2D eigenvalue weighted by atomic mass is 16.5. The van der Waals surface area contributed by atoms with Crippen molar-refractivity contribution in [2.75, 3.05) is 11.9 Å². The molecule has 2 aromatic rings. The molecule has 2 rings (SSSR count). The van der Waals surface area contributed by atoms with Crippen LogP contribution < -0.4 is 10.1 Å². The quantitative estimate of drug-likeness (QED) is 0.618. The van der Waals surface area contributed by atoms with Crippen molar-refractivity contribution in [2.45, 2.75) is 45.4 Å². The number of carbonyl (C=O) groups is 2. The summed E-state index contributed by atoms with van der Waals surface area (Å²) in [5.74, 6) is -0.312. The SMILES string of the molecule is CCC(C)(C)c1ccc(OCCCC(=O)Nc2ccc(C(=O)O)cc2)cc1. The predicted octanol–water partition coefficient (Wildman–Crippen LogP) is 4.87. The summed E-state index contributed by atoms with van der Waals surface area (Å²) in [6, 6.07) is 14.2. The number of anilines is 1. The first-order valence-corrected chi connectivity index (χ1v) is 9.18. The molecule has 0 aliphatic rings. The van der Waals surface area contributed by atoms with Crippen LogP contribution in [0.2, 0.25) is 0 Å². The average molecular weight is 369 g/mol. The van der Waals surface area contributed by atoms with Gasteiger partial charge in [0.25, 0.3) is 0 Å². The van der Waals surface area contributed by atoms with Crippen LogP contribution >= 0.6 is 0 Å². The summed E-state index contributed by atoms with van der Waals surface area (Å²) in [6.45, 7) is 7.07. The molecule has 2 aromatic carbocycles. The van der Waals surface area contributed by atoms with Gasteiger partial charge < -0.3 is 15.2 Å². The normalized spacial score (nSPS) is 11.1. The lowest BCUT2D eigenvalue weighted by molar-refractivity contribution is -0.116. The summed E-state index contributed by atoms with van der Waals surface area (Å²) in [6.07, 6.45) is 2.00. The molecule has 0 aromatic heterocycles. The summed E-state index contributed by atoms with van der Waals surface area (Å²) in [5, 5.41) is 11.6. The number of amides is 1. The van der Waals surface area contributed by atoms with Crippen molar-refractivity contribution in [3.05, 3.63) is 59.7 Å². The Morgan fingerprint density at radius 3 is 2.22 bits per heavy atom. The highest BCUT2D eigenvalue weighted by molar-refractivity contribution is 5.92. The van der Waals surface area contributed by atoms with Gasteiger partial charge in [0.2, 0.25) is 5.91 Å². The van der Waals surface area contributed by atoms with Gasteiger partial charge in [0.15, 0.2) is 0 Å². The van der Waals surface area contributed by atoms with E-state index in [0.717, 1.165) is 12.2 Å². The van der Waals surface area contributed by atoms with Crippen molar-refractivity contribution in [1.29, 1.82) is 0 Å². The Balaban J connectivity index is 1.73. The second-order valence-electron chi connectivity index (χ2n) is 7.14. The molecule has 0 aliphatic heterocycles. The number of ether oxygens (including phenoxy) is 1. The maximum absolute atomic E-state index is 11.9. The van der Waals surface area contributed by atoms with E-state index >= 15 is 0 Å². The van der Waals surface area contributed by atoms with Crippen molar-refractivity contribution >= 4 is 17.6 Å². The number of aromatic carboxylic acids is 1. The van der Waals surface area contributed by atoms with Gasteiger partial charge in [0.1, 0.15) is 5.75 Å². The molecule has 0 fully saturated rings. The van der Waals surface area contributed by atoms with Crippen molar-refractivity contribution in [3.63, 3.8) is 0 Å². The number of carboxylic acid groups (broad SMARTS) is 1. The molecule has 0 aliphatic carbocycles. The van der Waals surface area contributed by atoms with Gasteiger partial charge in [-0.15, -0.1) is 0 Å². The van der Waals surface area contributed by atoms with Crippen molar-refractivity contribution in [2.24, 2.45) is 0 Å². The standard InChI is InChI=1S/C22H27NO4/c1-4-22(2,3)17-9-13-19(14-10-17)27-15-5-6-20(24)23-18-11-7-16(8-12-18)21(25)26/h7-14H,4-6,15H2,1-3H3,(H,23,24)(H,25,26). The summed E-state index contributed by atoms with van der Waals surface area (Å²) >= 11 is 0. The number of carbonyl (C=O) groups excluding carboxylic acids is 1. The summed E-state index contributed by atoms with van der Waals surface area (Å²) in [7, 11) is 0. The molecule has 0 saturated heterocycles. The molecule has 27 heavy (non-hydrogen) atoms. The number of hydrogen-bond donors (Lipinski definition) is 2. The molecule has 0 radical (unpaired) electrons. The first kappa shape index (κ1) is 20.5. The average Bonchev–Trinajstić information content (AvgIpc) is 2.66. The highest BCUT2D eigenvalue weighted by Crippen LogP contribution is 2.28. The number of rotatable bonds is 9. The Labute approximate surface area is 160 Å². The van der Waals surface area contributed by atoms with E-state index in [1.54, 1.807) is 12.1 Å². The van der Waals surface area contributed by atoms with Gasteiger partial charge in [-0.1, -0.05) is 32.9 Å². The Morgan fingerprint density at radius 2 is 1.67 bits per heavy atom. The molecule has 0 heterocycles. The van der Waals surface area contributed by atoms with Gasteiger partial charge >= 0.3 is 5.97 Å². The third-order valence-corrected chi connectivity index (χ3v) is 4.75. The molecular formula is C22H27NO4. The van der Waals surface area contributed by atoms with Crippen LogP contribution in [0.5, 0.6) is 5.75 Å². The Hall–Kier alpha value is -2.82. The molecule has 0 spiro atoms. The van der Waals surface area contributed by atoms with Crippen LogP contribution in [0.4, 0.5) is 5.69 Å². The zero-order valence-corrected chi connectivity index (χ0v) is 16.1. The number of hydrogen-bond acceptors (Lipinski definition) is 3.